The van der Waals surface area contributed by atoms with Crippen LogP contribution in [-0.2, 0) is 22.4 Å². The van der Waals surface area contributed by atoms with Crippen LogP contribution in [0.5, 0.6) is 0 Å². The van der Waals surface area contributed by atoms with Gasteiger partial charge in [0.1, 0.15) is 6.04 Å². The van der Waals surface area contributed by atoms with Crippen molar-refractivity contribution < 1.29 is 9.53 Å². The summed E-state index contributed by atoms with van der Waals surface area (Å²) < 4.78 is 5.53. The van der Waals surface area contributed by atoms with Crippen LogP contribution in [0.2, 0.25) is 0 Å². The Morgan fingerprint density at radius 3 is 2.95 bits per heavy atom. The third kappa shape index (κ3) is 2.86. The summed E-state index contributed by atoms with van der Waals surface area (Å²) in [5.74, 6) is 0.0709. The van der Waals surface area contributed by atoms with Gasteiger partial charge in [-0.25, -0.2) is 0 Å². The van der Waals surface area contributed by atoms with Crippen molar-refractivity contribution in [1.82, 2.24) is 10.6 Å². The monoisotopic (exact) mass is 274 g/mol. The smallest absolute Gasteiger partial charge is 0.240 e. The molecule has 1 unspecified atom stereocenters. The van der Waals surface area contributed by atoms with E-state index >= 15 is 0 Å². The molecule has 0 bridgehead atoms. The van der Waals surface area contributed by atoms with Crippen molar-refractivity contribution in [3.05, 3.63) is 35.4 Å². The first-order chi connectivity index (χ1) is 9.74. The van der Waals surface area contributed by atoms with Gasteiger partial charge in [-0.15, -0.1) is 0 Å². The molecule has 1 aromatic rings. The van der Waals surface area contributed by atoms with E-state index < -0.39 is 0 Å². The molecular weight excluding hydrogens is 252 g/mol. The zero-order valence-electron chi connectivity index (χ0n) is 11.9. The van der Waals surface area contributed by atoms with E-state index in [2.05, 4.69) is 34.9 Å². The molecule has 2 N–H and O–H groups in total. The van der Waals surface area contributed by atoms with E-state index in [-0.39, 0.29) is 24.1 Å². The van der Waals surface area contributed by atoms with Crippen molar-refractivity contribution in [3.63, 3.8) is 0 Å². The molecule has 1 aromatic carbocycles. The number of benzene rings is 1. The number of carbonyl (C=O) groups is 1. The van der Waals surface area contributed by atoms with Gasteiger partial charge in [0, 0.05) is 12.6 Å². The molecule has 20 heavy (non-hydrogen) atoms. The van der Waals surface area contributed by atoms with Gasteiger partial charge in [-0.3, -0.25) is 4.79 Å². The largest absolute Gasteiger partial charge is 0.375 e. The quantitative estimate of drug-likeness (QED) is 0.847. The van der Waals surface area contributed by atoms with Crippen molar-refractivity contribution in [2.75, 3.05) is 13.2 Å². The lowest BCUT2D eigenvalue weighted by molar-refractivity contribution is -0.129. The van der Waals surface area contributed by atoms with Crippen molar-refractivity contribution >= 4 is 5.91 Å². The Balaban J connectivity index is 1.60. The number of carbonyl (C=O) groups excluding carboxylic acids is 1. The fraction of sp³-hybridized carbons (Fsp3) is 0.562. The first-order valence-corrected chi connectivity index (χ1v) is 7.46. The number of morpholine rings is 1. The van der Waals surface area contributed by atoms with E-state index in [1.807, 2.05) is 6.92 Å². The molecule has 1 amide bonds. The van der Waals surface area contributed by atoms with Gasteiger partial charge in [0.25, 0.3) is 0 Å². The Morgan fingerprint density at radius 2 is 2.15 bits per heavy atom. The number of aryl methyl sites for hydroxylation is 1. The summed E-state index contributed by atoms with van der Waals surface area (Å²) in [6, 6.07) is 8.53. The summed E-state index contributed by atoms with van der Waals surface area (Å²) in [6.07, 6.45) is 2.94. The normalized spacial score (nSPS) is 29.6. The average molecular weight is 274 g/mol. The lowest BCUT2D eigenvalue weighted by atomic mass is 9.88. The maximum absolute atomic E-state index is 12.3. The lowest BCUT2D eigenvalue weighted by Crippen LogP contribution is -2.57. The van der Waals surface area contributed by atoms with E-state index in [1.165, 1.54) is 11.1 Å². The molecule has 1 aliphatic carbocycles. The second-order valence-corrected chi connectivity index (χ2v) is 5.72. The number of amides is 1. The molecule has 0 radical (unpaired) electrons. The second kappa shape index (κ2) is 5.94. The van der Waals surface area contributed by atoms with Gasteiger partial charge in [-0.1, -0.05) is 24.3 Å². The number of ether oxygens (including phenoxy) is 1. The van der Waals surface area contributed by atoms with Crippen LogP contribution in [0, 0.1) is 0 Å². The van der Waals surface area contributed by atoms with Gasteiger partial charge in [-0.05, 0) is 37.3 Å². The van der Waals surface area contributed by atoms with E-state index in [0.717, 1.165) is 25.8 Å². The molecular formula is C16H22N2O2. The Hall–Kier alpha value is -1.39. The summed E-state index contributed by atoms with van der Waals surface area (Å²) in [6.45, 7) is 3.38. The maximum atomic E-state index is 12.3. The summed E-state index contributed by atoms with van der Waals surface area (Å²) >= 11 is 0. The fourth-order valence-electron chi connectivity index (χ4n) is 3.14. The molecule has 4 nitrogen and oxygen atoms in total. The fourth-order valence-corrected chi connectivity index (χ4v) is 3.14. The highest BCUT2D eigenvalue weighted by atomic mass is 16.5. The van der Waals surface area contributed by atoms with Gasteiger partial charge >= 0.3 is 0 Å². The van der Waals surface area contributed by atoms with Crippen molar-refractivity contribution in [1.29, 1.82) is 0 Å². The Labute approximate surface area is 119 Å². The van der Waals surface area contributed by atoms with Crippen LogP contribution in [0.25, 0.3) is 0 Å². The van der Waals surface area contributed by atoms with Crippen LogP contribution in [0.15, 0.2) is 24.3 Å². The number of fused-ring (bicyclic) bond motifs is 1. The molecule has 1 fully saturated rings. The number of hydrogen-bond donors (Lipinski definition) is 2. The standard InChI is InChI=1S/C16H22N2O2/c1-11-15(17-8-9-20-11)16(19)18-14-7-6-12-4-2-3-5-13(12)10-14/h2-5,11,14-15,17H,6-10H2,1H3,(H,18,19)/t11-,14?,15+/m1/s1. The molecule has 0 aromatic heterocycles. The van der Waals surface area contributed by atoms with Crippen LogP contribution in [0.1, 0.15) is 24.5 Å². The molecule has 1 aliphatic heterocycles. The topological polar surface area (TPSA) is 50.4 Å². The maximum Gasteiger partial charge on any atom is 0.240 e. The van der Waals surface area contributed by atoms with Crippen LogP contribution < -0.4 is 10.6 Å². The summed E-state index contributed by atoms with van der Waals surface area (Å²) in [5, 5.41) is 6.42. The van der Waals surface area contributed by atoms with Gasteiger partial charge in [0.15, 0.2) is 0 Å². The SMILES string of the molecule is C[C@H]1OCCN[C@@H]1C(=O)NC1CCc2ccccc2C1. The lowest BCUT2D eigenvalue weighted by Gasteiger charge is -2.32. The summed E-state index contributed by atoms with van der Waals surface area (Å²) in [7, 11) is 0. The predicted molar refractivity (Wildman–Crippen MR) is 77.6 cm³/mol. The zero-order valence-corrected chi connectivity index (χ0v) is 11.9. The zero-order chi connectivity index (χ0) is 13.9. The molecule has 3 rings (SSSR count). The number of nitrogens with one attached hydrogen (secondary N) is 2. The highest BCUT2D eigenvalue weighted by molar-refractivity contribution is 5.82. The minimum Gasteiger partial charge on any atom is -0.375 e. The number of rotatable bonds is 2. The first kappa shape index (κ1) is 13.6. The molecule has 0 saturated carbocycles. The second-order valence-electron chi connectivity index (χ2n) is 5.72. The van der Waals surface area contributed by atoms with E-state index in [1.54, 1.807) is 0 Å². The van der Waals surface area contributed by atoms with Crippen LogP contribution >= 0.6 is 0 Å². The summed E-state index contributed by atoms with van der Waals surface area (Å²) in [4.78, 5) is 12.3. The van der Waals surface area contributed by atoms with Gasteiger partial charge < -0.3 is 15.4 Å². The average Bonchev–Trinajstić information content (AvgIpc) is 2.47. The molecule has 108 valence electrons. The Bertz CT molecular complexity index is 489. The van der Waals surface area contributed by atoms with Crippen LogP contribution in [0.3, 0.4) is 0 Å². The number of hydrogen-bond acceptors (Lipinski definition) is 3. The highest BCUT2D eigenvalue weighted by Gasteiger charge is 2.30. The van der Waals surface area contributed by atoms with Crippen molar-refractivity contribution in [2.45, 2.75) is 44.4 Å². The van der Waals surface area contributed by atoms with Crippen LogP contribution in [0.4, 0.5) is 0 Å². The molecule has 3 atom stereocenters. The third-order valence-corrected chi connectivity index (χ3v) is 4.29. The summed E-state index contributed by atoms with van der Waals surface area (Å²) in [5.41, 5.74) is 2.79. The van der Waals surface area contributed by atoms with E-state index in [4.69, 9.17) is 4.74 Å². The molecule has 4 heteroatoms. The first-order valence-electron chi connectivity index (χ1n) is 7.46. The van der Waals surface area contributed by atoms with Gasteiger partial charge in [-0.2, -0.15) is 0 Å². The molecule has 0 spiro atoms. The van der Waals surface area contributed by atoms with Gasteiger partial charge in [0.2, 0.25) is 5.91 Å². The molecule has 1 saturated heterocycles. The third-order valence-electron chi connectivity index (χ3n) is 4.29. The minimum absolute atomic E-state index is 0.0559. The van der Waals surface area contributed by atoms with E-state index in [0.29, 0.717) is 6.61 Å². The molecule has 2 aliphatic rings. The van der Waals surface area contributed by atoms with Crippen molar-refractivity contribution in [3.8, 4) is 0 Å². The molecule has 1 heterocycles. The van der Waals surface area contributed by atoms with Gasteiger partial charge in [0.05, 0.1) is 12.7 Å². The Morgan fingerprint density at radius 1 is 1.35 bits per heavy atom. The van der Waals surface area contributed by atoms with Crippen molar-refractivity contribution in [2.24, 2.45) is 0 Å². The van der Waals surface area contributed by atoms with E-state index in [9.17, 15) is 4.79 Å². The minimum atomic E-state index is -0.221. The van der Waals surface area contributed by atoms with Crippen LogP contribution in [-0.4, -0.2) is 37.2 Å². The highest BCUT2D eigenvalue weighted by Crippen LogP contribution is 2.21. The Kier molecular flexibility index (Phi) is 4.03. The predicted octanol–water partition coefficient (Wildman–Crippen LogP) is 1.04.